The van der Waals surface area contributed by atoms with E-state index in [-0.39, 0.29) is 5.75 Å². The van der Waals surface area contributed by atoms with Crippen LogP contribution in [0.15, 0.2) is 16.5 Å². The first-order valence-electron chi connectivity index (χ1n) is 7.59. The molecule has 4 nitrogen and oxygen atoms in total. The van der Waals surface area contributed by atoms with Crippen molar-refractivity contribution in [2.75, 3.05) is 33.4 Å². The maximum Gasteiger partial charge on any atom is 0.284 e. The van der Waals surface area contributed by atoms with Gasteiger partial charge in [-0.15, -0.1) is 0 Å². The van der Waals surface area contributed by atoms with E-state index in [9.17, 15) is 8.78 Å². The third kappa shape index (κ3) is 6.24. The van der Waals surface area contributed by atoms with Gasteiger partial charge in [0.05, 0.1) is 18.9 Å². The van der Waals surface area contributed by atoms with Crippen LogP contribution in [0.4, 0.5) is 8.78 Å². The summed E-state index contributed by atoms with van der Waals surface area (Å²) in [7, 11) is 1.73. The Morgan fingerprint density at radius 3 is 2.77 bits per heavy atom. The lowest BCUT2D eigenvalue weighted by atomic mass is 10.1. The molecule has 1 aromatic heterocycles. The number of methoxy groups -OCH3 is 1. The first-order valence-corrected chi connectivity index (χ1v) is 8.64. The fraction of sp³-hybridized carbons (Fsp3) is 0.733. The number of rotatable bonds is 9. The van der Waals surface area contributed by atoms with Crippen LogP contribution in [0.3, 0.4) is 0 Å². The highest BCUT2D eigenvalue weighted by molar-refractivity contribution is 7.98. The number of hydrogen-bond donors (Lipinski definition) is 1. The largest absolute Gasteiger partial charge is 0.464 e. The van der Waals surface area contributed by atoms with E-state index in [1.54, 1.807) is 13.2 Å². The molecule has 0 amide bonds. The summed E-state index contributed by atoms with van der Waals surface area (Å²) in [6.45, 7) is 4.59. The Hall–Kier alpha value is -0.630. The average Bonchev–Trinajstić information content (AvgIpc) is 2.98. The molecule has 2 rings (SSSR count). The summed E-state index contributed by atoms with van der Waals surface area (Å²) in [6, 6.07) is 4.13. The predicted octanol–water partition coefficient (Wildman–Crippen LogP) is 2.94. The number of hydrogen-bond acceptors (Lipinski definition) is 5. The predicted molar refractivity (Wildman–Crippen MR) is 84.2 cm³/mol. The van der Waals surface area contributed by atoms with E-state index in [0.29, 0.717) is 30.1 Å². The highest BCUT2D eigenvalue weighted by Gasteiger charge is 2.18. The van der Waals surface area contributed by atoms with Gasteiger partial charge in [-0.25, -0.2) is 0 Å². The molecule has 1 aliphatic heterocycles. The molecule has 22 heavy (non-hydrogen) atoms. The minimum absolute atomic E-state index is 0.218. The first kappa shape index (κ1) is 17.7. The summed E-state index contributed by atoms with van der Waals surface area (Å²) >= 11 is 0.587. The van der Waals surface area contributed by atoms with Crippen LogP contribution in [-0.2, 0) is 17.0 Å². The molecule has 2 heterocycles. The van der Waals surface area contributed by atoms with E-state index in [0.717, 1.165) is 44.8 Å². The highest BCUT2D eigenvalue weighted by atomic mass is 32.2. The van der Waals surface area contributed by atoms with E-state index in [2.05, 4.69) is 10.2 Å². The van der Waals surface area contributed by atoms with E-state index in [4.69, 9.17) is 9.15 Å². The van der Waals surface area contributed by atoms with Gasteiger partial charge in [0.15, 0.2) is 0 Å². The molecule has 0 atom stereocenters. The Labute approximate surface area is 134 Å². The lowest BCUT2D eigenvalue weighted by Crippen LogP contribution is -2.43. The maximum absolute atomic E-state index is 12.1. The quantitative estimate of drug-likeness (QED) is 0.752. The van der Waals surface area contributed by atoms with Gasteiger partial charge in [0.25, 0.3) is 5.76 Å². The zero-order valence-corrected chi connectivity index (χ0v) is 13.7. The van der Waals surface area contributed by atoms with Crippen LogP contribution in [0.2, 0.25) is 0 Å². The second-order valence-electron chi connectivity index (χ2n) is 5.43. The van der Waals surface area contributed by atoms with Gasteiger partial charge in [-0.2, -0.15) is 8.78 Å². The zero-order valence-electron chi connectivity index (χ0n) is 12.9. The van der Waals surface area contributed by atoms with E-state index >= 15 is 0 Å². The Morgan fingerprint density at radius 1 is 1.36 bits per heavy atom. The number of alkyl halides is 2. The van der Waals surface area contributed by atoms with Crippen molar-refractivity contribution < 1.29 is 17.9 Å². The van der Waals surface area contributed by atoms with Crippen LogP contribution in [0, 0.1) is 0 Å². The molecule has 0 unspecified atom stereocenters. The molecule has 0 aliphatic carbocycles. The zero-order chi connectivity index (χ0) is 15.8. The van der Waals surface area contributed by atoms with Gasteiger partial charge in [-0.05, 0) is 38.1 Å². The van der Waals surface area contributed by atoms with Crippen LogP contribution in [-0.4, -0.2) is 50.1 Å². The van der Waals surface area contributed by atoms with Crippen molar-refractivity contribution in [3.05, 3.63) is 23.7 Å². The highest BCUT2D eigenvalue weighted by Crippen LogP contribution is 2.21. The van der Waals surface area contributed by atoms with Crippen LogP contribution < -0.4 is 5.32 Å². The number of piperidine rings is 1. The molecule has 0 aromatic carbocycles. The van der Waals surface area contributed by atoms with Crippen LogP contribution in [0.5, 0.6) is 0 Å². The minimum atomic E-state index is -2.35. The van der Waals surface area contributed by atoms with Gasteiger partial charge in [0.1, 0.15) is 11.5 Å². The first-order chi connectivity index (χ1) is 10.7. The molecule has 7 heteroatoms. The Bertz CT molecular complexity index is 423. The molecule has 0 radical (unpaired) electrons. The number of likely N-dealkylation sites (tertiary alicyclic amines) is 1. The molecular formula is C15H24F2N2O2S. The van der Waals surface area contributed by atoms with Crippen molar-refractivity contribution in [1.29, 1.82) is 0 Å². The lowest BCUT2D eigenvalue weighted by Gasteiger charge is -2.32. The molecule has 0 bridgehead atoms. The smallest absolute Gasteiger partial charge is 0.284 e. The summed E-state index contributed by atoms with van der Waals surface area (Å²) in [4.78, 5) is 2.41. The van der Waals surface area contributed by atoms with Gasteiger partial charge >= 0.3 is 0 Å². The third-order valence-corrected chi connectivity index (χ3v) is 4.54. The normalized spacial score (nSPS) is 17.5. The van der Waals surface area contributed by atoms with Crippen molar-refractivity contribution in [3.8, 4) is 0 Å². The topological polar surface area (TPSA) is 37.6 Å². The summed E-state index contributed by atoms with van der Waals surface area (Å²) in [5.41, 5.74) is 0. The van der Waals surface area contributed by atoms with Gasteiger partial charge < -0.3 is 19.4 Å². The summed E-state index contributed by atoms with van der Waals surface area (Å²) in [5.74, 6) is -0.714. The molecule has 1 aliphatic rings. The number of halogens is 2. The number of furan rings is 1. The van der Waals surface area contributed by atoms with Gasteiger partial charge in [0.2, 0.25) is 0 Å². The van der Waals surface area contributed by atoms with Crippen LogP contribution in [0.25, 0.3) is 0 Å². The van der Waals surface area contributed by atoms with Gasteiger partial charge in [-0.3, -0.25) is 0 Å². The van der Waals surface area contributed by atoms with Crippen molar-refractivity contribution in [2.45, 2.75) is 36.9 Å². The Balaban J connectivity index is 1.64. The molecule has 1 aromatic rings. The fourth-order valence-electron chi connectivity index (χ4n) is 2.57. The Kier molecular flexibility index (Phi) is 7.65. The SMILES string of the molecule is COCCN1CCC(NCc2ccc(CSC(F)F)o2)CC1. The standard InChI is InChI=1S/C15H24F2N2O2S/c1-20-9-8-19-6-4-12(5-7-19)18-10-13-2-3-14(21-13)11-22-15(16)17/h2-3,12,15,18H,4-11H2,1H3. The van der Waals surface area contributed by atoms with Crippen LogP contribution >= 0.6 is 11.8 Å². The average molecular weight is 334 g/mol. The summed E-state index contributed by atoms with van der Waals surface area (Å²) in [5, 5.41) is 3.49. The van der Waals surface area contributed by atoms with Crippen molar-refractivity contribution in [3.63, 3.8) is 0 Å². The number of ether oxygens (including phenoxy) is 1. The van der Waals surface area contributed by atoms with Gasteiger partial charge in [0, 0.05) is 19.7 Å². The summed E-state index contributed by atoms with van der Waals surface area (Å²) in [6.07, 6.45) is 2.22. The number of nitrogens with one attached hydrogen (secondary N) is 1. The van der Waals surface area contributed by atoms with E-state index in [1.165, 1.54) is 0 Å². The molecule has 1 fully saturated rings. The van der Waals surface area contributed by atoms with Crippen molar-refractivity contribution >= 4 is 11.8 Å². The second-order valence-corrected chi connectivity index (χ2v) is 6.41. The molecule has 126 valence electrons. The monoisotopic (exact) mass is 334 g/mol. The second kappa shape index (κ2) is 9.50. The fourth-order valence-corrected chi connectivity index (χ4v) is 3.01. The van der Waals surface area contributed by atoms with Crippen molar-refractivity contribution in [1.82, 2.24) is 10.2 Å². The molecule has 1 saturated heterocycles. The van der Waals surface area contributed by atoms with E-state index < -0.39 is 5.76 Å². The third-order valence-electron chi connectivity index (χ3n) is 3.83. The molecule has 1 N–H and O–H groups in total. The molecule has 0 saturated carbocycles. The molecular weight excluding hydrogens is 310 g/mol. The number of nitrogens with zero attached hydrogens (tertiary/aromatic N) is 1. The molecule has 0 spiro atoms. The minimum Gasteiger partial charge on any atom is -0.464 e. The van der Waals surface area contributed by atoms with Crippen molar-refractivity contribution in [2.24, 2.45) is 0 Å². The van der Waals surface area contributed by atoms with Gasteiger partial charge in [-0.1, -0.05) is 11.8 Å². The van der Waals surface area contributed by atoms with Crippen LogP contribution in [0.1, 0.15) is 24.4 Å². The van der Waals surface area contributed by atoms with E-state index in [1.807, 2.05) is 6.07 Å². The summed E-state index contributed by atoms with van der Waals surface area (Å²) < 4.78 is 34.9. The number of thioether (sulfide) groups is 1. The maximum atomic E-state index is 12.1. The lowest BCUT2D eigenvalue weighted by molar-refractivity contribution is 0.125. The Morgan fingerprint density at radius 2 is 2.09 bits per heavy atom.